The molecule has 3 rings (SSSR count). The second kappa shape index (κ2) is 7.90. The zero-order valence-corrected chi connectivity index (χ0v) is 15.0. The van der Waals surface area contributed by atoms with Gasteiger partial charge in [0.05, 0.1) is 5.56 Å². The number of hydrogen-bond acceptors (Lipinski definition) is 4. The molecular formula is C18H18ClF3N2O3. The Bertz CT molecular complexity index is 805. The van der Waals surface area contributed by atoms with Gasteiger partial charge >= 0.3 is 6.18 Å². The van der Waals surface area contributed by atoms with Crippen LogP contribution in [0.3, 0.4) is 0 Å². The number of aliphatic hydroxyl groups is 1. The number of nitrogens with zero attached hydrogens (tertiary/aromatic N) is 1. The average molecular weight is 403 g/mol. The van der Waals surface area contributed by atoms with Crippen LogP contribution in [-0.4, -0.2) is 28.8 Å². The van der Waals surface area contributed by atoms with Gasteiger partial charge in [-0.2, -0.15) is 13.2 Å². The lowest BCUT2D eigenvalue weighted by Gasteiger charge is -2.30. The summed E-state index contributed by atoms with van der Waals surface area (Å²) >= 11 is 6.18. The Labute approximate surface area is 158 Å². The second-order valence-corrected chi connectivity index (χ2v) is 6.93. The molecule has 1 aromatic heterocycles. The second-order valence-electron chi connectivity index (χ2n) is 6.56. The Balaban J connectivity index is 1.77. The Kier molecular flexibility index (Phi) is 5.76. The van der Waals surface area contributed by atoms with Gasteiger partial charge < -0.3 is 14.9 Å². The summed E-state index contributed by atoms with van der Waals surface area (Å²) < 4.78 is 43.1. The van der Waals surface area contributed by atoms with E-state index in [9.17, 15) is 23.1 Å². The number of aromatic nitrogens is 1. The Morgan fingerprint density at radius 3 is 2.56 bits per heavy atom. The summed E-state index contributed by atoms with van der Waals surface area (Å²) in [5.41, 5.74) is -0.647. The highest BCUT2D eigenvalue weighted by Gasteiger charge is 2.31. The monoisotopic (exact) mass is 402 g/mol. The van der Waals surface area contributed by atoms with Gasteiger partial charge in [-0.05, 0) is 25.0 Å². The van der Waals surface area contributed by atoms with E-state index >= 15 is 0 Å². The van der Waals surface area contributed by atoms with Crippen LogP contribution in [0.15, 0.2) is 28.8 Å². The third-order valence-electron chi connectivity index (χ3n) is 4.79. The zero-order chi connectivity index (χ0) is 19.6. The predicted molar refractivity (Wildman–Crippen MR) is 92.2 cm³/mol. The topological polar surface area (TPSA) is 75.4 Å². The molecule has 0 radical (unpaired) electrons. The summed E-state index contributed by atoms with van der Waals surface area (Å²) in [6.45, 7) is -0.0195. The lowest BCUT2D eigenvalue weighted by molar-refractivity contribution is -0.137. The molecule has 0 bridgehead atoms. The highest BCUT2D eigenvalue weighted by molar-refractivity contribution is 6.35. The molecule has 1 aliphatic rings. The molecule has 1 saturated carbocycles. The largest absolute Gasteiger partial charge is 0.416 e. The third-order valence-corrected chi connectivity index (χ3v) is 5.14. The first-order valence-corrected chi connectivity index (χ1v) is 8.93. The normalized spacial score (nSPS) is 20.5. The minimum Gasteiger partial charge on any atom is -0.396 e. The molecule has 2 atom stereocenters. The van der Waals surface area contributed by atoms with Gasteiger partial charge in [-0.3, -0.25) is 4.79 Å². The molecular weight excluding hydrogens is 385 g/mol. The molecule has 0 spiro atoms. The van der Waals surface area contributed by atoms with Crippen LogP contribution in [0.25, 0.3) is 11.3 Å². The molecule has 0 unspecified atom stereocenters. The van der Waals surface area contributed by atoms with Crippen molar-refractivity contribution < 1.29 is 27.6 Å². The zero-order valence-electron chi connectivity index (χ0n) is 14.2. The number of alkyl halides is 3. The molecule has 1 amide bonds. The molecule has 9 heteroatoms. The van der Waals surface area contributed by atoms with E-state index in [0.717, 1.165) is 37.8 Å². The number of hydrogen-bond donors (Lipinski definition) is 2. The third kappa shape index (κ3) is 4.27. The number of amides is 1. The van der Waals surface area contributed by atoms with Crippen molar-refractivity contribution >= 4 is 17.5 Å². The van der Waals surface area contributed by atoms with Crippen LogP contribution < -0.4 is 5.32 Å². The summed E-state index contributed by atoms with van der Waals surface area (Å²) in [4.78, 5) is 12.5. The first kappa shape index (κ1) is 19.7. The number of benzene rings is 1. The molecule has 2 N–H and O–H groups in total. The lowest BCUT2D eigenvalue weighted by atomic mass is 9.85. The fourth-order valence-electron chi connectivity index (χ4n) is 3.26. The van der Waals surface area contributed by atoms with Crippen molar-refractivity contribution in [2.24, 2.45) is 5.92 Å². The van der Waals surface area contributed by atoms with E-state index < -0.39 is 17.6 Å². The van der Waals surface area contributed by atoms with Crippen LogP contribution in [-0.2, 0) is 6.18 Å². The SMILES string of the molecule is O=C(N[C@H]1CCCC[C@H]1CO)c1noc(-c2ccc(C(F)(F)F)cc2)c1Cl. The van der Waals surface area contributed by atoms with Crippen LogP contribution in [0.4, 0.5) is 13.2 Å². The van der Waals surface area contributed by atoms with Crippen molar-refractivity contribution in [3.63, 3.8) is 0 Å². The standard InChI is InChI=1S/C18H18ClF3N2O3/c19-14-15(17(26)23-13-4-2-1-3-11(13)9-25)24-27-16(14)10-5-7-12(8-6-10)18(20,21)22/h5-8,11,13,25H,1-4,9H2,(H,23,26)/t11-,13-/m0/s1. The number of halogens is 4. The van der Waals surface area contributed by atoms with E-state index in [-0.39, 0.29) is 40.6 Å². The van der Waals surface area contributed by atoms with Gasteiger partial charge in [0.15, 0.2) is 11.5 Å². The van der Waals surface area contributed by atoms with Crippen molar-refractivity contribution in [3.05, 3.63) is 40.5 Å². The molecule has 1 aromatic carbocycles. The van der Waals surface area contributed by atoms with Crippen LogP contribution >= 0.6 is 11.6 Å². The molecule has 5 nitrogen and oxygen atoms in total. The molecule has 27 heavy (non-hydrogen) atoms. The predicted octanol–water partition coefficient (Wildman–Crippen LogP) is 4.29. The summed E-state index contributed by atoms with van der Waals surface area (Å²) in [6.07, 6.45) is -0.924. The van der Waals surface area contributed by atoms with Crippen LogP contribution in [0.2, 0.25) is 5.02 Å². The number of aliphatic hydroxyl groups excluding tert-OH is 1. The number of nitrogens with one attached hydrogen (secondary N) is 1. The highest BCUT2D eigenvalue weighted by Crippen LogP contribution is 2.34. The Morgan fingerprint density at radius 1 is 1.26 bits per heavy atom. The van der Waals surface area contributed by atoms with Gasteiger partial charge in [-0.15, -0.1) is 0 Å². The summed E-state index contributed by atoms with van der Waals surface area (Å²) in [7, 11) is 0. The van der Waals surface area contributed by atoms with Crippen molar-refractivity contribution in [1.29, 1.82) is 0 Å². The molecule has 1 heterocycles. The summed E-state index contributed by atoms with van der Waals surface area (Å²) in [5, 5.41) is 15.9. The van der Waals surface area contributed by atoms with E-state index in [1.165, 1.54) is 12.1 Å². The molecule has 1 aliphatic carbocycles. The molecule has 0 aliphatic heterocycles. The van der Waals surface area contributed by atoms with Gasteiger partial charge in [-0.25, -0.2) is 0 Å². The minimum absolute atomic E-state index is 0.0195. The quantitative estimate of drug-likeness (QED) is 0.799. The van der Waals surface area contributed by atoms with Gasteiger partial charge in [0.2, 0.25) is 0 Å². The molecule has 1 fully saturated rings. The first-order valence-electron chi connectivity index (χ1n) is 8.55. The number of rotatable bonds is 4. The molecule has 2 aromatic rings. The van der Waals surface area contributed by atoms with Crippen LogP contribution in [0.1, 0.15) is 41.7 Å². The Morgan fingerprint density at radius 2 is 1.93 bits per heavy atom. The van der Waals surface area contributed by atoms with E-state index in [4.69, 9.17) is 16.1 Å². The summed E-state index contributed by atoms with van der Waals surface area (Å²) in [5.74, 6) is -0.534. The smallest absolute Gasteiger partial charge is 0.396 e. The van der Waals surface area contributed by atoms with Gasteiger partial charge in [0.1, 0.15) is 5.02 Å². The van der Waals surface area contributed by atoms with E-state index in [2.05, 4.69) is 10.5 Å². The first-order chi connectivity index (χ1) is 12.8. The number of carbonyl (C=O) groups is 1. The number of carbonyl (C=O) groups excluding carboxylic acids is 1. The van der Waals surface area contributed by atoms with Crippen LogP contribution in [0.5, 0.6) is 0 Å². The van der Waals surface area contributed by atoms with Crippen molar-refractivity contribution in [1.82, 2.24) is 10.5 Å². The fraction of sp³-hybridized carbons (Fsp3) is 0.444. The van der Waals surface area contributed by atoms with Crippen molar-refractivity contribution in [3.8, 4) is 11.3 Å². The molecule has 146 valence electrons. The Hall–Kier alpha value is -2.06. The van der Waals surface area contributed by atoms with Crippen molar-refractivity contribution in [2.75, 3.05) is 6.61 Å². The van der Waals surface area contributed by atoms with E-state index in [0.29, 0.717) is 0 Å². The summed E-state index contributed by atoms with van der Waals surface area (Å²) in [6, 6.07) is 4.04. The molecule has 0 saturated heterocycles. The maximum Gasteiger partial charge on any atom is 0.416 e. The fourth-order valence-corrected chi connectivity index (χ4v) is 3.53. The van der Waals surface area contributed by atoms with Gasteiger partial charge in [0.25, 0.3) is 5.91 Å². The van der Waals surface area contributed by atoms with Gasteiger partial charge in [-0.1, -0.05) is 41.7 Å². The van der Waals surface area contributed by atoms with Crippen LogP contribution in [0, 0.1) is 5.92 Å². The van der Waals surface area contributed by atoms with E-state index in [1.807, 2.05) is 0 Å². The highest BCUT2D eigenvalue weighted by atomic mass is 35.5. The maximum atomic E-state index is 12.7. The minimum atomic E-state index is -4.45. The lowest BCUT2D eigenvalue weighted by Crippen LogP contribution is -2.43. The van der Waals surface area contributed by atoms with Gasteiger partial charge in [0, 0.05) is 24.1 Å². The maximum absolute atomic E-state index is 12.7. The van der Waals surface area contributed by atoms with Crippen molar-refractivity contribution in [2.45, 2.75) is 37.9 Å². The van der Waals surface area contributed by atoms with E-state index in [1.54, 1.807) is 0 Å². The average Bonchev–Trinajstić information content (AvgIpc) is 3.03.